The van der Waals surface area contributed by atoms with Gasteiger partial charge in [0, 0.05) is 11.0 Å². The molecule has 0 aliphatic carbocycles. The fourth-order valence-electron chi connectivity index (χ4n) is 1.99. The summed E-state index contributed by atoms with van der Waals surface area (Å²) in [5.74, 6) is -0.407. The van der Waals surface area contributed by atoms with Gasteiger partial charge in [-0.3, -0.25) is 4.79 Å². The number of benzene rings is 1. The van der Waals surface area contributed by atoms with Crippen molar-refractivity contribution in [2.24, 2.45) is 5.92 Å². The van der Waals surface area contributed by atoms with Crippen LogP contribution in [0, 0.1) is 11.7 Å². The molecule has 5 heteroatoms. The minimum Gasteiger partial charge on any atom is -0.388 e. The van der Waals surface area contributed by atoms with Crippen LogP contribution in [0.25, 0.3) is 0 Å². The lowest BCUT2D eigenvalue weighted by Gasteiger charge is -2.25. The second-order valence-electron chi connectivity index (χ2n) is 5.40. The largest absolute Gasteiger partial charge is 0.388 e. The van der Waals surface area contributed by atoms with Gasteiger partial charge in [-0.1, -0.05) is 13.8 Å². The molecule has 0 radical (unpaired) electrons. The summed E-state index contributed by atoms with van der Waals surface area (Å²) in [6.07, 6.45) is 0.595. The highest BCUT2D eigenvalue weighted by molar-refractivity contribution is 9.10. The Bertz CT molecular complexity index is 461. The van der Waals surface area contributed by atoms with Crippen LogP contribution in [-0.4, -0.2) is 23.2 Å². The molecule has 1 atom stereocenters. The molecule has 0 saturated carbocycles. The van der Waals surface area contributed by atoms with E-state index in [0.29, 0.717) is 22.4 Å². The van der Waals surface area contributed by atoms with Gasteiger partial charge in [-0.25, -0.2) is 4.39 Å². The lowest BCUT2D eigenvalue weighted by molar-refractivity contribution is 0.0368. The highest BCUT2D eigenvalue weighted by atomic mass is 79.9. The van der Waals surface area contributed by atoms with Crippen LogP contribution in [0.3, 0.4) is 0 Å². The summed E-state index contributed by atoms with van der Waals surface area (Å²) in [4.78, 5) is 11.9. The summed E-state index contributed by atoms with van der Waals surface area (Å²) >= 11 is 3.15. The van der Waals surface area contributed by atoms with Crippen molar-refractivity contribution in [3.8, 4) is 0 Å². The molecule has 1 aromatic carbocycles. The molecule has 0 fully saturated rings. The van der Waals surface area contributed by atoms with E-state index in [4.69, 9.17) is 0 Å². The van der Waals surface area contributed by atoms with Gasteiger partial charge < -0.3 is 10.4 Å². The fourth-order valence-corrected chi connectivity index (χ4v) is 2.52. The lowest BCUT2D eigenvalue weighted by Crippen LogP contribution is -2.41. The van der Waals surface area contributed by atoms with Crippen molar-refractivity contribution in [1.29, 1.82) is 0 Å². The molecule has 0 saturated heterocycles. The van der Waals surface area contributed by atoms with Gasteiger partial charge >= 0.3 is 0 Å². The maximum atomic E-state index is 12.9. The van der Waals surface area contributed by atoms with Crippen LogP contribution >= 0.6 is 15.9 Å². The van der Waals surface area contributed by atoms with E-state index >= 15 is 0 Å². The van der Waals surface area contributed by atoms with Crippen molar-refractivity contribution in [1.82, 2.24) is 5.32 Å². The Morgan fingerprint density at radius 2 is 2.16 bits per heavy atom. The second-order valence-corrected chi connectivity index (χ2v) is 6.26. The van der Waals surface area contributed by atoms with Crippen LogP contribution in [0.1, 0.15) is 37.6 Å². The molecule has 1 unspecified atom stereocenters. The quantitative estimate of drug-likeness (QED) is 0.870. The number of rotatable bonds is 5. The number of carbonyl (C=O) groups excluding carboxylic acids is 1. The van der Waals surface area contributed by atoms with E-state index in [2.05, 4.69) is 21.2 Å². The highest BCUT2D eigenvalue weighted by Gasteiger charge is 2.23. The van der Waals surface area contributed by atoms with Crippen molar-refractivity contribution >= 4 is 21.8 Å². The summed E-state index contributed by atoms with van der Waals surface area (Å²) < 4.78 is 13.3. The molecular formula is C14H19BrFNO2. The number of amides is 1. The minimum absolute atomic E-state index is 0.161. The van der Waals surface area contributed by atoms with Gasteiger partial charge in [0.05, 0.1) is 11.2 Å². The van der Waals surface area contributed by atoms with E-state index in [9.17, 15) is 14.3 Å². The second kappa shape index (κ2) is 6.48. The summed E-state index contributed by atoms with van der Waals surface area (Å²) in [6.45, 7) is 5.86. The average molecular weight is 332 g/mol. The van der Waals surface area contributed by atoms with E-state index < -0.39 is 11.4 Å². The lowest BCUT2D eigenvalue weighted by atomic mass is 9.94. The predicted molar refractivity (Wildman–Crippen MR) is 76.5 cm³/mol. The summed E-state index contributed by atoms with van der Waals surface area (Å²) in [6, 6.07) is 3.87. The molecule has 0 heterocycles. The molecule has 1 aromatic rings. The zero-order valence-corrected chi connectivity index (χ0v) is 12.9. The molecule has 2 N–H and O–H groups in total. The normalized spacial score (nSPS) is 14.3. The average Bonchev–Trinajstić information content (AvgIpc) is 2.24. The van der Waals surface area contributed by atoms with Crippen LogP contribution in [0.5, 0.6) is 0 Å². The van der Waals surface area contributed by atoms with E-state index in [1.807, 2.05) is 13.8 Å². The zero-order chi connectivity index (χ0) is 14.6. The van der Waals surface area contributed by atoms with E-state index in [-0.39, 0.29) is 12.5 Å². The van der Waals surface area contributed by atoms with Gasteiger partial charge in [-0.2, -0.15) is 0 Å². The van der Waals surface area contributed by atoms with Crippen molar-refractivity contribution in [2.45, 2.75) is 32.8 Å². The van der Waals surface area contributed by atoms with Crippen molar-refractivity contribution in [3.63, 3.8) is 0 Å². The smallest absolute Gasteiger partial charge is 0.252 e. The molecule has 0 aliphatic rings. The first-order valence-electron chi connectivity index (χ1n) is 6.17. The Kier molecular flexibility index (Phi) is 5.50. The fraction of sp³-hybridized carbons (Fsp3) is 0.500. The molecule has 0 aromatic heterocycles. The molecule has 1 amide bonds. The van der Waals surface area contributed by atoms with Gasteiger partial charge in [0.25, 0.3) is 5.91 Å². The summed E-state index contributed by atoms with van der Waals surface area (Å²) in [5, 5.41) is 12.8. The Morgan fingerprint density at radius 1 is 1.53 bits per heavy atom. The van der Waals surface area contributed by atoms with Crippen LogP contribution in [0.4, 0.5) is 4.39 Å². The first-order chi connectivity index (χ1) is 8.71. The topological polar surface area (TPSA) is 49.3 Å². The standard InChI is InChI=1S/C14H19BrFNO2/c1-9(2)7-14(3,19)8-17-13(18)11-5-4-10(16)6-12(11)15/h4-6,9,19H,7-8H2,1-3H3,(H,17,18). The number of hydrogen-bond acceptors (Lipinski definition) is 2. The Morgan fingerprint density at radius 3 is 2.68 bits per heavy atom. The van der Waals surface area contributed by atoms with Crippen molar-refractivity contribution in [2.75, 3.05) is 6.54 Å². The number of halogens is 2. The SMILES string of the molecule is CC(C)CC(C)(O)CNC(=O)c1ccc(F)cc1Br. The van der Waals surface area contributed by atoms with Crippen molar-refractivity contribution in [3.05, 3.63) is 34.1 Å². The third-order valence-corrected chi connectivity index (χ3v) is 3.31. The van der Waals surface area contributed by atoms with Gasteiger partial charge in [-0.05, 0) is 53.4 Å². The number of nitrogens with one attached hydrogen (secondary N) is 1. The van der Waals surface area contributed by atoms with Crippen LogP contribution in [0.15, 0.2) is 22.7 Å². The third-order valence-electron chi connectivity index (χ3n) is 2.65. The van der Waals surface area contributed by atoms with Crippen molar-refractivity contribution < 1.29 is 14.3 Å². The molecule has 0 bridgehead atoms. The zero-order valence-electron chi connectivity index (χ0n) is 11.3. The number of aliphatic hydroxyl groups is 1. The molecule has 0 aliphatic heterocycles. The van der Waals surface area contributed by atoms with Crippen LogP contribution < -0.4 is 5.32 Å². The van der Waals surface area contributed by atoms with Crippen LogP contribution in [0.2, 0.25) is 0 Å². The molecule has 1 rings (SSSR count). The maximum absolute atomic E-state index is 12.9. The van der Waals surface area contributed by atoms with Crippen LogP contribution in [-0.2, 0) is 0 Å². The molecule has 19 heavy (non-hydrogen) atoms. The molecular weight excluding hydrogens is 313 g/mol. The Labute approximate surface area is 121 Å². The monoisotopic (exact) mass is 331 g/mol. The van der Waals surface area contributed by atoms with E-state index in [0.717, 1.165) is 0 Å². The van der Waals surface area contributed by atoms with Gasteiger partial charge in [-0.15, -0.1) is 0 Å². The Hall–Kier alpha value is -0.940. The maximum Gasteiger partial charge on any atom is 0.252 e. The van der Waals surface area contributed by atoms with Gasteiger partial charge in [0.1, 0.15) is 5.82 Å². The van der Waals surface area contributed by atoms with E-state index in [1.165, 1.54) is 18.2 Å². The third kappa shape index (κ3) is 5.28. The summed E-state index contributed by atoms with van der Waals surface area (Å²) in [5.41, 5.74) is -0.599. The first kappa shape index (κ1) is 16.1. The summed E-state index contributed by atoms with van der Waals surface area (Å²) in [7, 11) is 0. The molecule has 0 spiro atoms. The number of hydrogen-bond donors (Lipinski definition) is 2. The predicted octanol–water partition coefficient (Wildman–Crippen LogP) is 3.12. The molecule has 3 nitrogen and oxygen atoms in total. The molecule has 106 valence electrons. The highest BCUT2D eigenvalue weighted by Crippen LogP contribution is 2.19. The first-order valence-corrected chi connectivity index (χ1v) is 6.96. The van der Waals surface area contributed by atoms with Gasteiger partial charge in [0.15, 0.2) is 0 Å². The number of carbonyl (C=O) groups is 1. The minimum atomic E-state index is -0.948. The van der Waals surface area contributed by atoms with E-state index in [1.54, 1.807) is 6.92 Å². The van der Waals surface area contributed by atoms with Gasteiger partial charge in [0.2, 0.25) is 0 Å². The Balaban J connectivity index is 2.65.